The number of hydrogen-bond donors (Lipinski definition) is 1. The van der Waals surface area contributed by atoms with Crippen molar-refractivity contribution < 1.29 is 8.42 Å². The van der Waals surface area contributed by atoms with E-state index in [1.807, 2.05) is 32.0 Å². The number of aryl methyl sites for hydroxylation is 2. The molecule has 2 aromatic heterocycles. The van der Waals surface area contributed by atoms with E-state index in [4.69, 9.17) is 0 Å². The van der Waals surface area contributed by atoms with E-state index in [1.54, 1.807) is 24.5 Å². The molecule has 8 heteroatoms. The molecule has 2 heterocycles. The highest BCUT2D eigenvalue weighted by Gasteiger charge is 2.24. The Morgan fingerprint density at radius 2 is 1.88 bits per heavy atom. The molecule has 32 heavy (non-hydrogen) atoms. The Labute approximate surface area is 188 Å². The van der Waals surface area contributed by atoms with Crippen LogP contribution in [0.25, 0.3) is 11.3 Å². The Kier molecular flexibility index (Phi) is 6.53. The summed E-state index contributed by atoms with van der Waals surface area (Å²) in [5.41, 5.74) is 4.73. The van der Waals surface area contributed by atoms with Gasteiger partial charge in [-0.2, -0.15) is 5.10 Å². The van der Waals surface area contributed by atoms with Crippen LogP contribution in [0.3, 0.4) is 0 Å². The SMILES string of the molecule is CCc1ccc(-c2nn(CC)c(=O)c3c2CCCC3)cc1S(=O)(=O)NCc1cccnc1. The lowest BCUT2D eigenvalue weighted by Gasteiger charge is -2.20. The Bertz CT molecular complexity index is 1280. The fourth-order valence-electron chi connectivity index (χ4n) is 4.23. The molecule has 1 aliphatic rings. The van der Waals surface area contributed by atoms with Crippen molar-refractivity contribution in [1.82, 2.24) is 19.5 Å². The third kappa shape index (κ3) is 4.38. The first-order valence-corrected chi connectivity index (χ1v) is 12.6. The number of aromatic nitrogens is 3. The van der Waals surface area contributed by atoms with Crippen molar-refractivity contribution in [3.05, 3.63) is 75.3 Å². The van der Waals surface area contributed by atoms with Crippen molar-refractivity contribution in [1.29, 1.82) is 0 Å². The van der Waals surface area contributed by atoms with Gasteiger partial charge in [-0.25, -0.2) is 17.8 Å². The van der Waals surface area contributed by atoms with Crippen LogP contribution in [0.2, 0.25) is 0 Å². The molecule has 0 unspecified atom stereocenters. The Morgan fingerprint density at radius 3 is 2.56 bits per heavy atom. The number of rotatable bonds is 7. The van der Waals surface area contributed by atoms with E-state index in [-0.39, 0.29) is 17.0 Å². The quantitative estimate of drug-likeness (QED) is 0.594. The lowest BCUT2D eigenvalue weighted by atomic mass is 9.89. The minimum atomic E-state index is -3.75. The van der Waals surface area contributed by atoms with E-state index in [1.165, 1.54) is 4.68 Å². The van der Waals surface area contributed by atoms with Gasteiger partial charge in [0, 0.05) is 36.6 Å². The maximum absolute atomic E-state index is 13.2. The minimum absolute atomic E-state index is 0.0258. The van der Waals surface area contributed by atoms with Crippen LogP contribution in [0.4, 0.5) is 0 Å². The van der Waals surface area contributed by atoms with Gasteiger partial charge in [-0.1, -0.05) is 25.1 Å². The molecular formula is C24H28N4O3S. The first-order chi connectivity index (χ1) is 15.4. The zero-order chi connectivity index (χ0) is 22.7. The molecule has 0 amide bonds. The van der Waals surface area contributed by atoms with E-state index < -0.39 is 10.0 Å². The fourth-order valence-corrected chi connectivity index (χ4v) is 5.59. The van der Waals surface area contributed by atoms with Gasteiger partial charge >= 0.3 is 0 Å². The second-order valence-corrected chi connectivity index (χ2v) is 9.73. The van der Waals surface area contributed by atoms with Crippen molar-refractivity contribution >= 4 is 10.0 Å². The van der Waals surface area contributed by atoms with Crippen molar-refractivity contribution in [2.45, 2.75) is 63.9 Å². The van der Waals surface area contributed by atoms with Crippen LogP contribution in [0, 0.1) is 0 Å². The highest BCUT2D eigenvalue weighted by molar-refractivity contribution is 7.89. The molecule has 1 aromatic carbocycles. The summed E-state index contributed by atoms with van der Waals surface area (Å²) in [5.74, 6) is 0. The maximum atomic E-state index is 13.2. The number of nitrogens with one attached hydrogen (secondary N) is 1. The molecule has 0 spiro atoms. The van der Waals surface area contributed by atoms with E-state index >= 15 is 0 Å². The van der Waals surface area contributed by atoms with Crippen molar-refractivity contribution in [2.24, 2.45) is 0 Å². The van der Waals surface area contributed by atoms with Crippen molar-refractivity contribution in [3.8, 4) is 11.3 Å². The lowest BCUT2D eigenvalue weighted by molar-refractivity contribution is 0.579. The van der Waals surface area contributed by atoms with Crippen molar-refractivity contribution in [2.75, 3.05) is 0 Å². The maximum Gasteiger partial charge on any atom is 0.270 e. The largest absolute Gasteiger partial charge is 0.270 e. The van der Waals surface area contributed by atoms with Crippen LogP contribution in [0.5, 0.6) is 0 Å². The number of sulfonamides is 1. The molecule has 4 rings (SSSR count). The summed E-state index contributed by atoms with van der Waals surface area (Å²) in [4.78, 5) is 17.1. The standard InChI is InChI=1S/C24H28N4O3S/c1-3-18-11-12-19(14-22(18)32(30,31)26-16-17-8-7-13-25-15-17)23-20-9-5-6-10-21(20)24(29)28(4-2)27-23/h7-8,11-15,26H,3-6,9-10,16H2,1-2H3. The number of fused-ring (bicyclic) bond motifs is 1. The summed E-state index contributed by atoms with van der Waals surface area (Å²) >= 11 is 0. The number of pyridine rings is 1. The van der Waals surface area contributed by atoms with E-state index in [0.29, 0.717) is 18.7 Å². The molecule has 1 aliphatic carbocycles. The van der Waals surface area contributed by atoms with E-state index in [9.17, 15) is 13.2 Å². The average Bonchev–Trinajstić information content (AvgIpc) is 2.83. The third-order valence-electron chi connectivity index (χ3n) is 5.97. The van der Waals surface area contributed by atoms with Gasteiger partial charge in [-0.15, -0.1) is 0 Å². The monoisotopic (exact) mass is 452 g/mol. The van der Waals surface area contributed by atoms with Gasteiger partial charge in [0.1, 0.15) is 0 Å². The molecule has 168 valence electrons. The second-order valence-electron chi connectivity index (χ2n) is 8.00. The molecule has 7 nitrogen and oxygen atoms in total. The molecule has 0 aliphatic heterocycles. The normalized spacial score (nSPS) is 13.7. The first-order valence-electron chi connectivity index (χ1n) is 11.1. The van der Waals surface area contributed by atoms with Crippen LogP contribution in [0.15, 0.2) is 52.4 Å². The zero-order valence-electron chi connectivity index (χ0n) is 18.5. The topological polar surface area (TPSA) is 94.0 Å². The molecule has 1 N–H and O–H groups in total. The Morgan fingerprint density at radius 1 is 1.09 bits per heavy atom. The van der Waals surface area contributed by atoms with Crippen LogP contribution in [0.1, 0.15) is 48.9 Å². The number of nitrogens with zero attached hydrogens (tertiary/aromatic N) is 3. The zero-order valence-corrected chi connectivity index (χ0v) is 19.3. The first kappa shape index (κ1) is 22.4. The third-order valence-corrected chi connectivity index (χ3v) is 7.45. The Balaban J connectivity index is 1.78. The van der Waals surface area contributed by atoms with Gasteiger partial charge in [0.2, 0.25) is 10.0 Å². The highest BCUT2D eigenvalue weighted by Crippen LogP contribution is 2.31. The van der Waals surface area contributed by atoms with Gasteiger partial charge in [0.05, 0.1) is 10.6 Å². The molecule has 3 aromatic rings. The van der Waals surface area contributed by atoms with Gasteiger partial charge in [-0.05, 0) is 67.9 Å². The molecule has 0 saturated heterocycles. The summed E-state index contributed by atoms with van der Waals surface area (Å²) in [6, 6.07) is 9.08. The molecule has 0 fully saturated rings. The van der Waals surface area contributed by atoms with Gasteiger partial charge in [0.15, 0.2) is 0 Å². The summed E-state index contributed by atoms with van der Waals surface area (Å²) in [6.45, 7) is 4.47. The van der Waals surface area contributed by atoms with Crippen LogP contribution in [-0.2, 0) is 42.4 Å². The molecular weight excluding hydrogens is 424 g/mol. The summed E-state index contributed by atoms with van der Waals surface area (Å²) < 4.78 is 30.6. The molecule has 0 atom stereocenters. The van der Waals surface area contributed by atoms with Gasteiger partial charge in [-0.3, -0.25) is 9.78 Å². The predicted octanol–water partition coefficient (Wildman–Crippen LogP) is 3.24. The predicted molar refractivity (Wildman–Crippen MR) is 124 cm³/mol. The minimum Gasteiger partial charge on any atom is -0.267 e. The van der Waals surface area contributed by atoms with E-state index in [2.05, 4.69) is 14.8 Å². The van der Waals surface area contributed by atoms with Crippen LogP contribution < -0.4 is 10.3 Å². The fraction of sp³-hybridized carbons (Fsp3) is 0.375. The van der Waals surface area contributed by atoms with Crippen LogP contribution >= 0.6 is 0 Å². The molecule has 0 radical (unpaired) electrons. The van der Waals surface area contributed by atoms with E-state index in [0.717, 1.165) is 53.5 Å². The van der Waals surface area contributed by atoms with Gasteiger partial charge in [0.25, 0.3) is 5.56 Å². The van der Waals surface area contributed by atoms with Crippen LogP contribution in [-0.4, -0.2) is 23.2 Å². The average molecular weight is 453 g/mol. The summed E-state index contributed by atoms with van der Waals surface area (Å²) in [6.07, 6.45) is 7.40. The molecule has 0 bridgehead atoms. The summed E-state index contributed by atoms with van der Waals surface area (Å²) in [7, 11) is -3.75. The summed E-state index contributed by atoms with van der Waals surface area (Å²) in [5, 5.41) is 4.63. The second kappa shape index (κ2) is 9.34. The molecule has 0 saturated carbocycles. The number of benzene rings is 1. The number of hydrogen-bond acceptors (Lipinski definition) is 5. The van der Waals surface area contributed by atoms with Crippen molar-refractivity contribution in [3.63, 3.8) is 0 Å². The highest BCUT2D eigenvalue weighted by atomic mass is 32.2. The van der Waals surface area contributed by atoms with Gasteiger partial charge < -0.3 is 0 Å². The smallest absolute Gasteiger partial charge is 0.267 e. The Hall–Kier alpha value is -2.84. The lowest BCUT2D eigenvalue weighted by Crippen LogP contribution is -2.30.